The predicted molar refractivity (Wildman–Crippen MR) is 83.1 cm³/mol. The summed E-state index contributed by atoms with van der Waals surface area (Å²) in [7, 11) is 0. The van der Waals surface area contributed by atoms with Crippen molar-refractivity contribution >= 4 is 22.1 Å². The minimum Gasteiger partial charge on any atom is -0.477 e. The lowest BCUT2D eigenvalue weighted by molar-refractivity contribution is 0.0702. The van der Waals surface area contributed by atoms with E-state index in [1.54, 1.807) is 0 Å². The molecule has 0 bridgehead atoms. The highest BCUT2D eigenvalue weighted by Gasteiger charge is 2.21. The van der Waals surface area contributed by atoms with E-state index >= 15 is 0 Å². The highest BCUT2D eigenvalue weighted by molar-refractivity contribution is 7.19. The Hall–Kier alpha value is -2.67. The number of fused-ring (bicyclic) bond motifs is 1. The number of hydrogen-bond acceptors (Lipinski definition) is 4. The zero-order valence-corrected chi connectivity index (χ0v) is 12.4. The van der Waals surface area contributed by atoms with E-state index < -0.39 is 17.2 Å². The van der Waals surface area contributed by atoms with Crippen molar-refractivity contribution in [2.75, 3.05) is 0 Å². The molecule has 0 saturated heterocycles. The molecule has 0 saturated carbocycles. The number of carbonyl (C=O) groups is 1. The van der Waals surface area contributed by atoms with E-state index in [0.29, 0.717) is 10.4 Å². The number of carboxylic acids is 1. The predicted octanol–water partition coefficient (Wildman–Crippen LogP) is 1.90. The third-order valence-corrected chi connectivity index (χ3v) is 4.64. The van der Waals surface area contributed by atoms with Gasteiger partial charge in [-0.2, -0.15) is 0 Å². The van der Waals surface area contributed by atoms with Crippen LogP contribution >= 0.6 is 11.3 Å². The third kappa shape index (κ3) is 2.25. The second-order valence-electron chi connectivity index (χ2n) is 4.88. The molecule has 3 aromatic rings. The second-order valence-corrected chi connectivity index (χ2v) is 5.91. The Balaban J connectivity index is 2.31. The fourth-order valence-corrected chi connectivity index (χ4v) is 3.47. The number of aromatic amines is 1. The Bertz CT molecular complexity index is 969. The molecule has 22 heavy (non-hydrogen) atoms. The van der Waals surface area contributed by atoms with Gasteiger partial charge in [0.05, 0.1) is 5.56 Å². The number of benzene rings is 1. The number of carboxylic acid groups (broad SMARTS) is 1. The summed E-state index contributed by atoms with van der Waals surface area (Å²) in [5.74, 6) is -1.39. The normalized spacial score (nSPS) is 12.4. The summed E-state index contributed by atoms with van der Waals surface area (Å²) in [5, 5.41) is 9.10. The molecule has 0 aliphatic rings. The molecule has 0 aliphatic heterocycles. The third-order valence-electron chi connectivity index (χ3n) is 3.53. The lowest BCUT2D eigenvalue weighted by Gasteiger charge is -2.12. The Morgan fingerprint density at radius 2 is 1.95 bits per heavy atom. The largest absolute Gasteiger partial charge is 0.477 e. The second kappa shape index (κ2) is 5.27. The number of aromatic carboxylic acids is 1. The molecule has 0 spiro atoms. The van der Waals surface area contributed by atoms with Crippen LogP contribution in [-0.4, -0.2) is 20.5 Å². The van der Waals surface area contributed by atoms with Crippen LogP contribution in [-0.2, 0) is 0 Å². The number of H-pyrrole nitrogens is 1. The van der Waals surface area contributed by atoms with Crippen LogP contribution in [0.2, 0.25) is 0 Å². The van der Waals surface area contributed by atoms with Gasteiger partial charge < -0.3 is 5.11 Å². The molecule has 0 aliphatic carbocycles. The van der Waals surface area contributed by atoms with Crippen molar-refractivity contribution in [3.63, 3.8) is 0 Å². The Kier molecular flexibility index (Phi) is 3.42. The highest BCUT2D eigenvalue weighted by Crippen LogP contribution is 2.28. The Morgan fingerprint density at radius 3 is 2.59 bits per heavy atom. The molecule has 112 valence electrons. The van der Waals surface area contributed by atoms with Crippen molar-refractivity contribution in [3.05, 3.63) is 73.4 Å². The topological polar surface area (TPSA) is 91.6 Å². The van der Waals surface area contributed by atoms with Crippen molar-refractivity contribution in [2.24, 2.45) is 0 Å². The van der Waals surface area contributed by atoms with Gasteiger partial charge >= 0.3 is 11.7 Å². The summed E-state index contributed by atoms with van der Waals surface area (Å²) >= 11 is 0.927. The van der Waals surface area contributed by atoms with Crippen molar-refractivity contribution in [1.29, 1.82) is 0 Å². The highest BCUT2D eigenvalue weighted by atomic mass is 32.1. The minimum absolute atomic E-state index is 0.0117. The molecule has 0 amide bonds. The number of thiazole rings is 1. The van der Waals surface area contributed by atoms with Gasteiger partial charge in [0, 0.05) is 12.1 Å². The average Bonchev–Trinajstić information content (AvgIpc) is 2.93. The van der Waals surface area contributed by atoms with E-state index in [1.807, 2.05) is 37.3 Å². The van der Waals surface area contributed by atoms with Gasteiger partial charge in [-0.25, -0.2) is 9.59 Å². The molecule has 2 aromatic heterocycles. The summed E-state index contributed by atoms with van der Waals surface area (Å²) in [6, 6.07) is 9.38. The van der Waals surface area contributed by atoms with Gasteiger partial charge in [-0.1, -0.05) is 37.3 Å². The molecular weight excluding hydrogens is 304 g/mol. The van der Waals surface area contributed by atoms with Crippen LogP contribution in [0.25, 0.3) is 4.83 Å². The van der Waals surface area contributed by atoms with E-state index in [9.17, 15) is 14.4 Å². The summed E-state index contributed by atoms with van der Waals surface area (Å²) in [6.07, 6.45) is 1.24. The van der Waals surface area contributed by atoms with Gasteiger partial charge in [0.1, 0.15) is 9.71 Å². The van der Waals surface area contributed by atoms with Gasteiger partial charge in [-0.15, -0.1) is 11.3 Å². The van der Waals surface area contributed by atoms with Crippen LogP contribution in [0.4, 0.5) is 0 Å². The molecule has 1 aromatic carbocycles. The summed E-state index contributed by atoms with van der Waals surface area (Å²) in [6.45, 7) is 1.85. The molecule has 7 heteroatoms. The lowest BCUT2D eigenvalue weighted by atomic mass is 9.95. The number of rotatable bonds is 3. The number of aromatic nitrogens is 2. The van der Waals surface area contributed by atoms with Gasteiger partial charge in [-0.3, -0.25) is 14.2 Å². The Labute approximate surface area is 128 Å². The van der Waals surface area contributed by atoms with Gasteiger partial charge in [0.2, 0.25) is 0 Å². The molecule has 2 heterocycles. The number of hydrogen-bond donors (Lipinski definition) is 2. The van der Waals surface area contributed by atoms with Crippen molar-refractivity contribution in [1.82, 2.24) is 9.38 Å². The first kappa shape index (κ1) is 14.3. The van der Waals surface area contributed by atoms with E-state index in [2.05, 4.69) is 4.98 Å². The van der Waals surface area contributed by atoms with Crippen molar-refractivity contribution < 1.29 is 9.90 Å². The molecule has 3 rings (SSSR count). The lowest BCUT2D eigenvalue weighted by Crippen LogP contribution is -2.29. The number of nitrogens with zero attached hydrogens (tertiary/aromatic N) is 1. The van der Waals surface area contributed by atoms with Crippen LogP contribution in [0.5, 0.6) is 0 Å². The van der Waals surface area contributed by atoms with Crippen LogP contribution in [0.3, 0.4) is 0 Å². The van der Waals surface area contributed by atoms with Gasteiger partial charge in [0.15, 0.2) is 0 Å². The smallest absolute Gasteiger partial charge is 0.347 e. The standard InChI is InChI=1S/C15H12N2O4S/c1-8(9-5-3-2-4-6-9)11-12(18)16-15(21)17-7-10(14(19)20)22-13(11)17/h2-8H,1H3,(H,19,20)(H,16,18,21). The SMILES string of the molecule is CC(c1ccccc1)c1c(=O)[nH]c(=O)n2cc(C(=O)O)sc12. The van der Waals surface area contributed by atoms with Crippen LogP contribution in [0.1, 0.15) is 33.6 Å². The van der Waals surface area contributed by atoms with Crippen LogP contribution in [0.15, 0.2) is 46.1 Å². The maximum absolute atomic E-state index is 12.2. The van der Waals surface area contributed by atoms with Crippen LogP contribution in [0, 0.1) is 0 Å². The molecule has 0 radical (unpaired) electrons. The quantitative estimate of drug-likeness (QED) is 0.772. The molecule has 0 fully saturated rings. The summed E-state index contributed by atoms with van der Waals surface area (Å²) in [4.78, 5) is 37.9. The van der Waals surface area contributed by atoms with E-state index in [-0.39, 0.29) is 10.8 Å². The fraction of sp³-hybridized carbons (Fsp3) is 0.133. The molecular formula is C15H12N2O4S. The number of nitrogens with one attached hydrogen (secondary N) is 1. The van der Waals surface area contributed by atoms with E-state index in [1.165, 1.54) is 10.6 Å². The monoisotopic (exact) mass is 316 g/mol. The zero-order valence-electron chi connectivity index (χ0n) is 11.6. The molecule has 1 unspecified atom stereocenters. The van der Waals surface area contributed by atoms with E-state index in [4.69, 9.17) is 5.11 Å². The average molecular weight is 316 g/mol. The van der Waals surface area contributed by atoms with Gasteiger partial charge in [0.25, 0.3) is 5.56 Å². The maximum Gasteiger partial charge on any atom is 0.347 e. The first-order chi connectivity index (χ1) is 10.5. The summed E-state index contributed by atoms with van der Waals surface area (Å²) < 4.78 is 1.18. The van der Waals surface area contributed by atoms with Crippen LogP contribution < -0.4 is 11.2 Å². The van der Waals surface area contributed by atoms with Crippen molar-refractivity contribution in [2.45, 2.75) is 12.8 Å². The molecule has 1 atom stereocenters. The maximum atomic E-state index is 12.2. The molecule has 6 nitrogen and oxygen atoms in total. The summed E-state index contributed by atoms with van der Waals surface area (Å²) in [5.41, 5.74) is 0.190. The minimum atomic E-state index is -1.13. The first-order valence-electron chi connectivity index (χ1n) is 6.55. The molecule has 2 N–H and O–H groups in total. The fourth-order valence-electron chi connectivity index (χ4n) is 2.40. The first-order valence-corrected chi connectivity index (χ1v) is 7.37. The van der Waals surface area contributed by atoms with E-state index in [0.717, 1.165) is 16.9 Å². The Morgan fingerprint density at radius 1 is 1.27 bits per heavy atom. The van der Waals surface area contributed by atoms with Gasteiger partial charge in [-0.05, 0) is 5.56 Å². The zero-order chi connectivity index (χ0) is 15.9. The van der Waals surface area contributed by atoms with Crippen molar-refractivity contribution in [3.8, 4) is 0 Å².